The van der Waals surface area contributed by atoms with Crippen molar-refractivity contribution in [1.29, 1.82) is 0 Å². The van der Waals surface area contributed by atoms with Gasteiger partial charge in [-0.05, 0) is 57.4 Å². The van der Waals surface area contributed by atoms with E-state index in [-0.39, 0.29) is 35.7 Å². The maximum Gasteiger partial charge on any atom is 0.284 e. The van der Waals surface area contributed by atoms with Gasteiger partial charge in [-0.2, -0.15) is 10.2 Å². The van der Waals surface area contributed by atoms with Crippen molar-refractivity contribution in [3.8, 4) is 0 Å². The number of nitrogens with zero attached hydrogens (tertiary/aromatic N) is 5. The van der Waals surface area contributed by atoms with Crippen molar-refractivity contribution in [1.82, 2.24) is 14.8 Å². The molecule has 0 atom stereocenters. The molecule has 11 heteroatoms. The summed E-state index contributed by atoms with van der Waals surface area (Å²) in [5.41, 5.74) is 0.569. The number of carbonyl (C=O) groups is 1. The molecule has 0 radical (unpaired) electrons. The van der Waals surface area contributed by atoms with Gasteiger partial charge in [-0.15, -0.1) is 0 Å². The molecule has 2 fully saturated rings. The number of ether oxygens (including phenoxy) is 1. The van der Waals surface area contributed by atoms with E-state index in [9.17, 15) is 18.7 Å². The minimum atomic E-state index is -2.84. The minimum Gasteiger partial charge on any atom is -0.396 e. The second-order valence-electron chi connectivity index (χ2n) is 9.19. The van der Waals surface area contributed by atoms with E-state index < -0.39 is 18.0 Å². The van der Waals surface area contributed by atoms with Crippen LogP contribution in [-0.4, -0.2) is 58.1 Å². The van der Waals surface area contributed by atoms with Crippen LogP contribution >= 0.6 is 0 Å². The van der Waals surface area contributed by atoms with Crippen LogP contribution in [0.2, 0.25) is 0 Å². The zero-order chi connectivity index (χ0) is 24.9. The maximum absolute atomic E-state index is 13.8. The van der Waals surface area contributed by atoms with Crippen molar-refractivity contribution >= 4 is 24.0 Å². The Balaban J connectivity index is 1.55. The van der Waals surface area contributed by atoms with Crippen LogP contribution in [0.4, 0.5) is 14.5 Å². The van der Waals surface area contributed by atoms with Gasteiger partial charge < -0.3 is 15.2 Å². The number of aromatic nitrogens is 2. The van der Waals surface area contributed by atoms with Gasteiger partial charge in [-0.1, -0.05) is 0 Å². The van der Waals surface area contributed by atoms with Crippen LogP contribution in [0.1, 0.15) is 63.6 Å². The first-order valence-corrected chi connectivity index (χ1v) is 12.0. The summed E-state index contributed by atoms with van der Waals surface area (Å²) in [7, 11) is 0. The van der Waals surface area contributed by atoms with E-state index in [1.165, 1.54) is 15.9 Å². The van der Waals surface area contributed by atoms with Crippen LogP contribution in [-0.2, 0) is 9.53 Å². The number of aliphatic hydroxyl groups excluding tert-OH is 1. The SMILES string of the molecule is C=NN1C=CC(C2CCOCC2)=N/C1=C(/C)C(=O)Nc1cn(C2CCC(CO)CC2)nc1C(F)F. The molecule has 0 aromatic carbocycles. The van der Waals surface area contributed by atoms with E-state index in [2.05, 4.69) is 27.2 Å². The van der Waals surface area contributed by atoms with Gasteiger partial charge in [0.2, 0.25) is 0 Å². The van der Waals surface area contributed by atoms with Crippen molar-refractivity contribution < 1.29 is 23.4 Å². The Morgan fingerprint density at radius 1 is 1.29 bits per heavy atom. The first kappa shape index (κ1) is 25.2. The van der Waals surface area contributed by atoms with Crippen molar-refractivity contribution in [2.24, 2.45) is 21.9 Å². The molecule has 1 aromatic rings. The Kier molecular flexibility index (Phi) is 8.07. The van der Waals surface area contributed by atoms with Crippen molar-refractivity contribution in [3.05, 3.63) is 35.6 Å². The quantitative estimate of drug-likeness (QED) is 0.444. The molecule has 9 nitrogen and oxygen atoms in total. The maximum atomic E-state index is 13.8. The van der Waals surface area contributed by atoms with Gasteiger partial charge in [0, 0.05) is 50.6 Å². The number of anilines is 1. The first-order valence-electron chi connectivity index (χ1n) is 12.0. The van der Waals surface area contributed by atoms with Crippen LogP contribution < -0.4 is 5.32 Å². The number of aliphatic hydroxyl groups is 1. The number of alkyl halides is 2. The van der Waals surface area contributed by atoms with E-state index in [1.807, 2.05) is 6.08 Å². The highest BCUT2D eigenvalue weighted by Gasteiger charge is 2.28. The summed E-state index contributed by atoms with van der Waals surface area (Å²) in [5.74, 6) is 0.184. The molecule has 1 saturated heterocycles. The lowest BCUT2D eigenvalue weighted by molar-refractivity contribution is -0.112. The predicted molar refractivity (Wildman–Crippen MR) is 128 cm³/mol. The van der Waals surface area contributed by atoms with Gasteiger partial charge >= 0.3 is 0 Å². The fourth-order valence-corrected chi connectivity index (χ4v) is 4.78. The molecule has 1 aliphatic carbocycles. The summed E-state index contributed by atoms with van der Waals surface area (Å²) >= 11 is 0. The van der Waals surface area contributed by atoms with Gasteiger partial charge in [0.15, 0.2) is 11.5 Å². The van der Waals surface area contributed by atoms with E-state index in [0.717, 1.165) is 44.2 Å². The largest absolute Gasteiger partial charge is 0.396 e. The molecule has 0 bridgehead atoms. The highest BCUT2D eigenvalue weighted by atomic mass is 19.3. The molecule has 190 valence electrons. The number of allylic oxidation sites excluding steroid dienone is 1. The van der Waals surface area contributed by atoms with Crippen molar-refractivity contribution in [3.63, 3.8) is 0 Å². The van der Waals surface area contributed by atoms with Gasteiger partial charge in [0.1, 0.15) is 0 Å². The summed E-state index contributed by atoms with van der Waals surface area (Å²) in [6.45, 7) is 6.56. The Morgan fingerprint density at radius 3 is 2.63 bits per heavy atom. The van der Waals surface area contributed by atoms with Crippen LogP contribution in [0.25, 0.3) is 0 Å². The molecule has 4 rings (SSSR count). The third-order valence-electron chi connectivity index (χ3n) is 6.97. The molecular weight excluding hydrogens is 458 g/mol. The van der Waals surface area contributed by atoms with Crippen LogP contribution in [0.5, 0.6) is 0 Å². The fourth-order valence-electron chi connectivity index (χ4n) is 4.78. The highest BCUT2D eigenvalue weighted by molar-refractivity contribution is 6.05. The zero-order valence-corrected chi connectivity index (χ0v) is 19.9. The lowest BCUT2D eigenvalue weighted by Gasteiger charge is -2.27. The standard InChI is InChI=1S/C24H32F2N6O3/c1-15(23-28-19(7-10-31(23)27-2)17-8-11-35-12-9-17)24(34)29-20-13-32(30-21(20)22(25)26)18-5-3-16(14-33)4-6-18/h7,10,13,16-18,22,33H,2-6,8-9,11-12,14H2,1H3,(H,29,34)/b23-15+. The third kappa shape index (κ3) is 5.67. The number of hydrazone groups is 1. The number of nitrogens with one attached hydrogen (secondary N) is 1. The molecule has 1 saturated carbocycles. The van der Waals surface area contributed by atoms with Crippen LogP contribution in [0, 0.1) is 11.8 Å². The average molecular weight is 491 g/mol. The summed E-state index contributed by atoms with van der Waals surface area (Å²) in [6.07, 6.45) is 6.95. The Hall–Kier alpha value is -2.92. The molecule has 3 heterocycles. The van der Waals surface area contributed by atoms with Crippen LogP contribution in [0.3, 0.4) is 0 Å². The average Bonchev–Trinajstić information content (AvgIpc) is 3.32. The highest BCUT2D eigenvalue weighted by Crippen LogP contribution is 2.35. The number of amides is 1. The second-order valence-corrected chi connectivity index (χ2v) is 9.19. The number of halogens is 2. The van der Waals surface area contributed by atoms with Crippen LogP contribution in [0.15, 0.2) is 40.0 Å². The number of rotatable bonds is 7. The molecule has 2 N–H and O–H groups in total. The number of hydrogen-bond donors (Lipinski definition) is 2. The van der Waals surface area contributed by atoms with E-state index >= 15 is 0 Å². The molecule has 3 aliphatic rings. The number of hydrogen-bond acceptors (Lipinski definition) is 7. The second kappa shape index (κ2) is 11.2. The zero-order valence-electron chi connectivity index (χ0n) is 19.9. The third-order valence-corrected chi connectivity index (χ3v) is 6.97. The van der Waals surface area contributed by atoms with Gasteiger partial charge in [-0.3, -0.25) is 9.48 Å². The molecule has 1 aromatic heterocycles. The summed E-state index contributed by atoms with van der Waals surface area (Å²) in [4.78, 5) is 17.8. The van der Waals surface area contributed by atoms with E-state index in [1.54, 1.807) is 13.1 Å². The predicted octanol–water partition coefficient (Wildman–Crippen LogP) is 4.03. The molecule has 0 unspecified atom stereocenters. The normalized spacial score (nSPS) is 24.9. The van der Waals surface area contributed by atoms with E-state index in [0.29, 0.717) is 19.0 Å². The molecular formula is C24H32F2N6O3. The lowest BCUT2D eigenvalue weighted by atomic mass is 9.87. The smallest absolute Gasteiger partial charge is 0.284 e. The Labute approximate surface area is 203 Å². The minimum absolute atomic E-state index is 0.0210. The molecule has 2 aliphatic heterocycles. The topological polar surface area (TPSA) is 104 Å². The number of aliphatic imine (C=N–C) groups is 1. The van der Waals surface area contributed by atoms with Crippen molar-refractivity contribution in [2.75, 3.05) is 25.1 Å². The molecule has 0 spiro atoms. The van der Waals surface area contributed by atoms with Gasteiger partial charge in [-0.25, -0.2) is 18.8 Å². The fraction of sp³-hybridized carbons (Fsp3) is 0.583. The van der Waals surface area contributed by atoms with Gasteiger partial charge in [0.25, 0.3) is 12.3 Å². The van der Waals surface area contributed by atoms with Gasteiger partial charge in [0.05, 0.1) is 17.3 Å². The summed E-state index contributed by atoms with van der Waals surface area (Å²) in [6, 6.07) is -0.0454. The summed E-state index contributed by atoms with van der Waals surface area (Å²) in [5, 5.41) is 21.4. The summed E-state index contributed by atoms with van der Waals surface area (Å²) < 4.78 is 34.5. The Bertz CT molecular complexity index is 1020. The first-order chi connectivity index (χ1) is 16.9. The van der Waals surface area contributed by atoms with E-state index in [4.69, 9.17) is 4.74 Å². The van der Waals surface area contributed by atoms with Crippen molar-refractivity contribution in [2.45, 2.75) is 57.9 Å². The Morgan fingerprint density at radius 2 is 2.00 bits per heavy atom. The lowest BCUT2D eigenvalue weighted by Crippen LogP contribution is -2.27. The molecule has 1 amide bonds. The number of carbonyl (C=O) groups excluding carboxylic acids is 1. The molecule has 35 heavy (non-hydrogen) atoms. The monoisotopic (exact) mass is 490 g/mol.